The van der Waals surface area contributed by atoms with E-state index in [1.54, 1.807) is 18.2 Å². The maximum atomic E-state index is 11.0. The first-order chi connectivity index (χ1) is 7.65. The van der Waals surface area contributed by atoms with Gasteiger partial charge in [-0.3, -0.25) is 0 Å². The van der Waals surface area contributed by atoms with Crippen LogP contribution in [0.2, 0.25) is 0 Å². The number of fused-ring (bicyclic) bond motifs is 1. The molecule has 1 aromatic carbocycles. The van der Waals surface area contributed by atoms with Crippen LogP contribution in [0.5, 0.6) is 5.75 Å². The molecule has 0 spiro atoms. The van der Waals surface area contributed by atoms with Crippen molar-refractivity contribution in [1.82, 2.24) is 0 Å². The maximum absolute atomic E-state index is 11.0. The summed E-state index contributed by atoms with van der Waals surface area (Å²) in [5.41, 5.74) is -0.0377. The Morgan fingerprint density at radius 1 is 1.25 bits per heavy atom. The van der Waals surface area contributed by atoms with Gasteiger partial charge in [0.15, 0.2) is 6.29 Å². The molecule has 2 rings (SSSR count). The van der Waals surface area contributed by atoms with Gasteiger partial charge in [-0.1, -0.05) is 0 Å². The highest BCUT2D eigenvalue weighted by Crippen LogP contribution is 2.19. The molecule has 0 aliphatic rings. The van der Waals surface area contributed by atoms with Crippen LogP contribution in [0.25, 0.3) is 11.0 Å². The van der Waals surface area contributed by atoms with Gasteiger partial charge in [-0.2, -0.15) is 0 Å². The minimum absolute atomic E-state index is 0.234. The van der Waals surface area contributed by atoms with Gasteiger partial charge in [-0.25, -0.2) is 4.79 Å². The zero-order chi connectivity index (χ0) is 11.5. The zero-order valence-corrected chi connectivity index (χ0v) is 8.29. The fraction of sp³-hybridized carbons (Fsp3) is 0.182. The smallest absolute Gasteiger partial charge is 0.336 e. The molecular formula is C11H10O5. The van der Waals surface area contributed by atoms with Crippen molar-refractivity contribution in [3.8, 4) is 5.75 Å². The van der Waals surface area contributed by atoms with Gasteiger partial charge in [0.1, 0.15) is 17.9 Å². The lowest BCUT2D eigenvalue weighted by Gasteiger charge is -2.07. The average molecular weight is 222 g/mol. The predicted molar refractivity (Wildman–Crippen MR) is 56.2 cm³/mol. The van der Waals surface area contributed by atoms with E-state index in [1.165, 1.54) is 12.1 Å². The molecule has 5 nitrogen and oxygen atoms in total. The topological polar surface area (TPSA) is 79.9 Å². The van der Waals surface area contributed by atoms with Gasteiger partial charge >= 0.3 is 5.63 Å². The molecule has 84 valence electrons. The van der Waals surface area contributed by atoms with Crippen LogP contribution in [0.1, 0.15) is 0 Å². The van der Waals surface area contributed by atoms with Gasteiger partial charge in [0.05, 0.1) is 0 Å². The highest BCUT2D eigenvalue weighted by Gasteiger charge is 2.02. The van der Waals surface area contributed by atoms with Gasteiger partial charge < -0.3 is 19.4 Å². The molecule has 0 bridgehead atoms. The lowest BCUT2D eigenvalue weighted by Crippen LogP contribution is -2.15. The largest absolute Gasteiger partial charge is 0.488 e. The zero-order valence-electron chi connectivity index (χ0n) is 8.29. The Labute approximate surface area is 90.5 Å². The predicted octanol–water partition coefficient (Wildman–Crippen LogP) is 0.482. The van der Waals surface area contributed by atoms with Crippen molar-refractivity contribution in [1.29, 1.82) is 0 Å². The normalized spacial score (nSPS) is 10.9. The summed E-state index contributed by atoms with van der Waals surface area (Å²) in [5.74, 6) is 0.412. The monoisotopic (exact) mass is 222 g/mol. The van der Waals surface area contributed by atoms with Gasteiger partial charge in [0, 0.05) is 17.5 Å². The molecule has 0 saturated heterocycles. The van der Waals surface area contributed by atoms with Crippen LogP contribution in [0.15, 0.2) is 39.5 Å². The molecule has 0 saturated carbocycles. The number of benzene rings is 1. The Bertz CT molecular complexity index is 543. The molecule has 0 atom stereocenters. The molecule has 0 aliphatic carbocycles. The minimum atomic E-state index is -1.53. The minimum Gasteiger partial charge on any atom is -0.488 e. The molecule has 1 aromatic heterocycles. The van der Waals surface area contributed by atoms with E-state index in [2.05, 4.69) is 0 Å². The van der Waals surface area contributed by atoms with Crippen molar-refractivity contribution in [2.24, 2.45) is 0 Å². The van der Waals surface area contributed by atoms with Gasteiger partial charge in [0.25, 0.3) is 0 Å². The Morgan fingerprint density at radius 3 is 2.75 bits per heavy atom. The fourth-order valence-electron chi connectivity index (χ4n) is 1.30. The van der Waals surface area contributed by atoms with Crippen molar-refractivity contribution < 1.29 is 19.4 Å². The third kappa shape index (κ3) is 2.39. The van der Waals surface area contributed by atoms with Gasteiger partial charge in [-0.05, 0) is 18.2 Å². The van der Waals surface area contributed by atoms with Crippen molar-refractivity contribution >= 4 is 11.0 Å². The van der Waals surface area contributed by atoms with Crippen LogP contribution < -0.4 is 10.4 Å². The summed E-state index contributed by atoms with van der Waals surface area (Å²) in [6.45, 7) is -0.234. The van der Waals surface area contributed by atoms with Crippen molar-refractivity contribution in [3.63, 3.8) is 0 Å². The van der Waals surface area contributed by atoms with Crippen LogP contribution in [0.4, 0.5) is 0 Å². The maximum Gasteiger partial charge on any atom is 0.336 e. The molecule has 2 N–H and O–H groups in total. The fourth-order valence-corrected chi connectivity index (χ4v) is 1.30. The molecule has 0 amide bonds. The first-order valence-electron chi connectivity index (χ1n) is 4.68. The summed E-state index contributed by atoms with van der Waals surface area (Å²) in [7, 11) is 0. The number of ether oxygens (including phenoxy) is 1. The number of aliphatic hydroxyl groups is 2. The quantitative estimate of drug-likeness (QED) is 0.583. The number of aliphatic hydroxyl groups excluding tert-OH is 1. The van der Waals surface area contributed by atoms with Crippen molar-refractivity contribution in [2.75, 3.05) is 6.61 Å². The first-order valence-corrected chi connectivity index (χ1v) is 4.68. The Balaban J connectivity index is 2.31. The second kappa shape index (κ2) is 4.34. The third-order valence-corrected chi connectivity index (χ3v) is 1.99. The first kappa shape index (κ1) is 10.7. The van der Waals surface area contributed by atoms with Crippen LogP contribution in [0, 0.1) is 0 Å². The average Bonchev–Trinajstić information content (AvgIpc) is 2.25. The lowest BCUT2D eigenvalue weighted by molar-refractivity contribution is -0.0680. The number of rotatable bonds is 3. The van der Waals surface area contributed by atoms with E-state index in [1.807, 2.05) is 0 Å². The molecule has 1 heterocycles. The SMILES string of the molecule is O=c1ccc2ccc(OCC(O)O)cc2o1. The standard InChI is InChI=1S/C11H10O5/c12-10(13)6-15-8-3-1-7-2-4-11(14)16-9(7)5-8/h1-5,10,12-13H,6H2. The highest BCUT2D eigenvalue weighted by atomic mass is 16.5. The molecule has 0 unspecified atom stereocenters. The Kier molecular flexibility index (Phi) is 2.89. The number of hydrogen-bond donors (Lipinski definition) is 2. The second-order valence-electron chi connectivity index (χ2n) is 3.25. The van der Waals surface area contributed by atoms with Crippen LogP contribution in [-0.2, 0) is 0 Å². The van der Waals surface area contributed by atoms with E-state index in [0.717, 1.165) is 5.39 Å². The lowest BCUT2D eigenvalue weighted by atomic mass is 10.2. The number of hydrogen-bond acceptors (Lipinski definition) is 5. The van der Waals surface area contributed by atoms with Crippen molar-refractivity contribution in [3.05, 3.63) is 40.8 Å². The van der Waals surface area contributed by atoms with E-state index in [4.69, 9.17) is 19.4 Å². The third-order valence-electron chi connectivity index (χ3n) is 1.99. The Morgan fingerprint density at radius 2 is 2.00 bits per heavy atom. The summed E-state index contributed by atoms with van der Waals surface area (Å²) in [6, 6.07) is 7.88. The summed E-state index contributed by atoms with van der Waals surface area (Å²) in [5, 5.41) is 18.0. The van der Waals surface area contributed by atoms with Crippen LogP contribution in [0.3, 0.4) is 0 Å². The van der Waals surface area contributed by atoms with Gasteiger partial charge in [0.2, 0.25) is 0 Å². The van der Waals surface area contributed by atoms with Crippen LogP contribution in [-0.4, -0.2) is 23.1 Å². The van der Waals surface area contributed by atoms with Gasteiger partial charge in [-0.15, -0.1) is 0 Å². The van der Waals surface area contributed by atoms with E-state index in [9.17, 15) is 4.79 Å². The molecule has 0 fully saturated rings. The molecule has 16 heavy (non-hydrogen) atoms. The molecular weight excluding hydrogens is 212 g/mol. The van der Waals surface area contributed by atoms with E-state index in [0.29, 0.717) is 11.3 Å². The molecule has 5 heteroatoms. The second-order valence-corrected chi connectivity index (χ2v) is 3.25. The van der Waals surface area contributed by atoms with Crippen molar-refractivity contribution in [2.45, 2.75) is 6.29 Å². The summed E-state index contributed by atoms with van der Waals surface area (Å²) in [4.78, 5) is 11.0. The van der Waals surface area contributed by atoms with E-state index >= 15 is 0 Å². The molecule has 0 radical (unpaired) electrons. The summed E-state index contributed by atoms with van der Waals surface area (Å²) < 4.78 is 10.0. The molecule has 2 aromatic rings. The van der Waals surface area contributed by atoms with E-state index in [-0.39, 0.29) is 6.61 Å². The van der Waals surface area contributed by atoms with E-state index < -0.39 is 11.9 Å². The highest BCUT2D eigenvalue weighted by molar-refractivity contribution is 5.77. The van der Waals surface area contributed by atoms with Crippen LogP contribution >= 0.6 is 0 Å². The summed E-state index contributed by atoms with van der Waals surface area (Å²) in [6.07, 6.45) is -1.53. The molecule has 0 aliphatic heterocycles. The Hall–Kier alpha value is -1.85. The summed E-state index contributed by atoms with van der Waals surface area (Å²) >= 11 is 0.